The van der Waals surface area contributed by atoms with E-state index in [1.165, 1.54) is 0 Å². The smallest absolute Gasteiger partial charge is 0.310 e. The molecule has 0 heterocycles. The van der Waals surface area contributed by atoms with Gasteiger partial charge in [0.15, 0.2) is 0 Å². The van der Waals surface area contributed by atoms with Crippen LogP contribution in [0.5, 0.6) is 0 Å². The molecule has 1 aromatic carbocycles. The SMILES string of the molecule is CCOC(=O)C1C(c2ccccc2)C12CCCC2=O. The van der Waals surface area contributed by atoms with E-state index >= 15 is 0 Å². The van der Waals surface area contributed by atoms with Crippen LogP contribution in [0.3, 0.4) is 0 Å². The first-order valence-electron chi connectivity index (χ1n) is 6.96. The molecule has 2 aliphatic rings. The molecule has 0 N–H and O–H groups in total. The van der Waals surface area contributed by atoms with Crippen LogP contribution in [-0.2, 0) is 14.3 Å². The first-order valence-corrected chi connectivity index (χ1v) is 6.96. The molecule has 0 aliphatic heterocycles. The van der Waals surface area contributed by atoms with Crippen LogP contribution in [0.4, 0.5) is 0 Å². The van der Waals surface area contributed by atoms with Crippen LogP contribution < -0.4 is 0 Å². The van der Waals surface area contributed by atoms with E-state index in [-0.39, 0.29) is 23.6 Å². The fourth-order valence-corrected chi connectivity index (χ4v) is 3.74. The number of carbonyl (C=O) groups excluding carboxylic acids is 2. The monoisotopic (exact) mass is 258 g/mol. The predicted octanol–water partition coefficient (Wildman–Crippen LogP) is 2.70. The van der Waals surface area contributed by atoms with Crippen molar-refractivity contribution >= 4 is 11.8 Å². The van der Waals surface area contributed by atoms with Crippen molar-refractivity contribution in [2.45, 2.75) is 32.1 Å². The van der Waals surface area contributed by atoms with Crippen LogP contribution in [0, 0.1) is 11.3 Å². The fraction of sp³-hybridized carbons (Fsp3) is 0.500. The van der Waals surface area contributed by atoms with Crippen molar-refractivity contribution in [1.29, 1.82) is 0 Å². The summed E-state index contributed by atoms with van der Waals surface area (Å²) >= 11 is 0. The Hall–Kier alpha value is -1.64. The van der Waals surface area contributed by atoms with Gasteiger partial charge in [-0.25, -0.2) is 0 Å². The topological polar surface area (TPSA) is 43.4 Å². The summed E-state index contributed by atoms with van der Waals surface area (Å²) in [6, 6.07) is 9.90. The second-order valence-electron chi connectivity index (χ2n) is 5.44. The number of benzene rings is 1. The Balaban J connectivity index is 1.94. The van der Waals surface area contributed by atoms with E-state index in [0.717, 1.165) is 18.4 Å². The lowest BCUT2D eigenvalue weighted by atomic mass is 9.96. The number of carbonyl (C=O) groups is 2. The summed E-state index contributed by atoms with van der Waals surface area (Å²) in [5, 5.41) is 0. The van der Waals surface area contributed by atoms with Gasteiger partial charge in [0, 0.05) is 12.3 Å². The molecule has 3 heteroatoms. The van der Waals surface area contributed by atoms with Gasteiger partial charge in [-0.2, -0.15) is 0 Å². The summed E-state index contributed by atoms with van der Waals surface area (Å²) < 4.78 is 5.16. The van der Waals surface area contributed by atoms with E-state index in [2.05, 4.69) is 0 Å². The number of hydrogen-bond acceptors (Lipinski definition) is 3. The Bertz CT molecular complexity index is 508. The number of ketones is 1. The Morgan fingerprint density at radius 1 is 1.37 bits per heavy atom. The molecule has 0 saturated heterocycles. The van der Waals surface area contributed by atoms with Gasteiger partial charge in [0.05, 0.1) is 17.9 Å². The van der Waals surface area contributed by atoms with Crippen molar-refractivity contribution in [2.24, 2.45) is 11.3 Å². The highest BCUT2D eigenvalue weighted by molar-refractivity contribution is 5.99. The Labute approximate surface area is 113 Å². The zero-order valence-corrected chi connectivity index (χ0v) is 11.1. The van der Waals surface area contributed by atoms with Gasteiger partial charge in [-0.15, -0.1) is 0 Å². The number of rotatable bonds is 3. The maximum absolute atomic E-state index is 12.3. The average molecular weight is 258 g/mol. The quantitative estimate of drug-likeness (QED) is 0.783. The molecule has 3 rings (SSSR count). The summed E-state index contributed by atoms with van der Waals surface area (Å²) in [4.78, 5) is 24.4. The molecule has 3 nitrogen and oxygen atoms in total. The normalized spacial score (nSPS) is 32.6. The molecule has 0 bridgehead atoms. The van der Waals surface area contributed by atoms with Crippen LogP contribution in [0.15, 0.2) is 30.3 Å². The predicted molar refractivity (Wildman–Crippen MR) is 70.6 cm³/mol. The Morgan fingerprint density at radius 2 is 2.11 bits per heavy atom. The van der Waals surface area contributed by atoms with Crippen molar-refractivity contribution in [3.8, 4) is 0 Å². The summed E-state index contributed by atoms with van der Waals surface area (Å²) in [5.74, 6) is -0.182. The number of ether oxygens (including phenoxy) is 1. The van der Waals surface area contributed by atoms with Gasteiger partial charge >= 0.3 is 5.97 Å². The fourth-order valence-electron chi connectivity index (χ4n) is 3.74. The molecule has 1 spiro atoms. The molecule has 0 amide bonds. The minimum absolute atomic E-state index is 0.0303. The molecule has 1 aromatic rings. The molecule has 0 radical (unpaired) electrons. The molecule has 3 atom stereocenters. The van der Waals surface area contributed by atoms with E-state index in [9.17, 15) is 9.59 Å². The van der Waals surface area contributed by atoms with E-state index < -0.39 is 5.41 Å². The second kappa shape index (κ2) is 4.48. The van der Waals surface area contributed by atoms with E-state index in [1.807, 2.05) is 30.3 Å². The highest BCUT2D eigenvalue weighted by atomic mass is 16.5. The highest BCUT2D eigenvalue weighted by Gasteiger charge is 2.73. The van der Waals surface area contributed by atoms with Crippen LogP contribution in [0.25, 0.3) is 0 Å². The lowest BCUT2D eigenvalue weighted by Gasteiger charge is -2.07. The van der Waals surface area contributed by atoms with Gasteiger partial charge in [-0.1, -0.05) is 30.3 Å². The zero-order valence-electron chi connectivity index (χ0n) is 11.1. The molecule has 3 unspecified atom stereocenters. The molecule has 0 aromatic heterocycles. The van der Waals surface area contributed by atoms with Crippen molar-refractivity contribution in [1.82, 2.24) is 0 Å². The van der Waals surface area contributed by atoms with Gasteiger partial charge in [0.1, 0.15) is 5.78 Å². The lowest BCUT2D eigenvalue weighted by Crippen LogP contribution is -2.17. The van der Waals surface area contributed by atoms with Crippen molar-refractivity contribution in [2.75, 3.05) is 6.61 Å². The molecule has 100 valence electrons. The third-order valence-electron chi connectivity index (χ3n) is 4.55. The molecule has 19 heavy (non-hydrogen) atoms. The molecular weight excluding hydrogens is 240 g/mol. The highest BCUT2D eigenvalue weighted by Crippen LogP contribution is 2.70. The van der Waals surface area contributed by atoms with Gasteiger partial charge in [-0.05, 0) is 25.3 Å². The van der Waals surface area contributed by atoms with Crippen molar-refractivity contribution in [3.63, 3.8) is 0 Å². The molecule has 2 fully saturated rings. The third kappa shape index (κ3) is 1.71. The Morgan fingerprint density at radius 3 is 2.68 bits per heavy atom. The van der Waals surface area contributed by atoms with Crippen molar-refractivity contribution < 1.29 is 14.3 Å². The maximum Gasteiger partial charge on any atom is 0.310 e. The molecule has 2 aliphatic carbocycles. The maximum atomic E-state index is 12.3. The van der Waals surface area contributed by atoms with Crippen LogP contribution in [0.1, 0.15) is 37.7 Å². The first kappa shape index (κ1) is 12.4. The second-order valence-corrected chi connectivity index (χ2v) is 5.44. The summed E-state index contributed by atoms with van der Waals surface area (Å²) in [6.45, 7) is 2.18. The standard InChI is InChI=1S/C16H18O3/c1-2-19-15(18)14-13(11-7-4-3-5-8-11)16(14)10-6-9-12(16)17/h3-5,7-8,13-14H,2,6,9-10H2,1H3. The molecule has 2 saturated carbocycles. The number of hydrogen-bond donors (Lipinski definition) is 0. The van der Waals surface area contributed by atoms with Gasteiger partial charge in [0.25, 0.3) is 0 Å². The third-order valence-corrected chi connectivity index (χ3v) is 4.55. The lowest BCUT2D eigenvalue weighted by molar-refractivity contribution is -0.146. The minimum atomic E-state index is -0.451. The van der Waals surface area contributed by atoms with Gasteiger partial charge < -0.3 is 4.74 Å². The summed E-state index contributed by atoms with van der Waals surface area (Å²) in [7, 11) is 0. The summed E-state index contributed by atoms with van der Waals surface area (Å²) in [6.07, 6.45) is 2.34. The largest absolute Gasteiger partial charge is 0.466 e. The van der Waals surface area contributed by atoms with Gasteiger partial charge in [0.2, 0.25) is 0 Å². The Kier molecular flexibility index (Phi) is 2.92. The minimum Gasteiger partial charge on any atom is -0.466 e. The summed E-state index contributed by atoms with van der Waals surface area (Å²) in [5.41, 5.74) is 0.643. The van der Waals surface area contributed by atoms with Crippen LogP contribution >= 0.6 is 0 Å². The first-order chi connectivity index (χ1) is 9.21. The zero-order chi connectivity index (χ0) is 13.5. The van der Waals surface area contributed by atoms with Crippen LogP contribution in [0.2, 0.25) is 0 Å². The van der Waals surface area contributed by atoms with Crippen molar-refractivity contribution in [3.05, 3.63) is 35.9 Å². The molecular formula is C16H18O3. The van der Waals surface area contributed by atoms with E-state index in [0.29, 0.717) is 13.0 Å². The number of Topliss-reactive ketones (excluding diaryl/α,β-unsaturated/α-hetero) is 1. The van der Waals surface area contributed by atoms with E-state index in [1.54, 1.807) is 6.92 Å². The van der Waals surface area contributed by atoms with E-state index in [4.69, 9.17) is 4.74 Å². The van der Waals surface area contributed by atoms with Crippen LogP contribution in [-0.4, -0.2) is 18.4 Å². The average Bonchev–Trinajstić information content (AvgIpc) is 2.96. The number of esters is 1. The van der Waals surface area contributed by atoms with Gasteiger partial charge in [-0.3, -0.25) is 9.59 Å².